The third-order valence-electron chi connectivity index (χ3n) is 4.58. The first kappa shape index (κ1) is 20.6. The summed E-state index contributed by atoms with van der Waals surface area (Å²) in [5.41, 5.74) is 8.52. The summed E-state index contributed by atoms with van der Waals surface area (Å²) in [4.78, 5) is 13.2. The molecule has 154 valence electrons. The van der Waals surface area contributed by atoms with Gasteiger partial charge < -0.3 is 24.7 Å². The minimum atomic E-state index is -0.0540. The number of hydrogen-bond donors (Lipinski definition) is 1. The van der Waals surface area contributed by atoms with Gasteiger partial charge in [-0.25, -0.2) is 0 Å². The summed E-state index contributed by atoms with van der Waals surface area (Å²) in [5, 5.41) is 0. The highest BCUT2D eigenvalue weighted by Gasteiger charge is 2.19. The third-order valence-corrected chi connectivity index (χ3v) is 4.58. The number of carbonyl (C=O) groups is 1. The van der Waals surface area contributed by atoms with Crippen molar-refractivity contribution in [1.82, 2.24) is 0 Å². The van der Waals surface area contributed by atoms with E-state index in [1.54, 1.807) is 25.3 Å². The quantitative estimate of drug-likeness (QED) is 0.401. The van der Waals surface area contributed by atoms with Crippen LogP contribution < -0.4 is 24.7 Å². The molecule has 0 bridgehead atoms. The van der Waals surface area contributed by atoms with Crippen molar-refractivity contribution < 1.29 is 23.7 Å². The number of rotatable bonds is 8. The van der Waals surface area contributed by atoms with Crippen molar-refractivity contribution in [2.75, 3.05) is 32.7 Å². The Hall–Kier alpha value is -3.15. The average molecular weight is 397 g/mol. The van der Waals surface area contributed by atoms with Crippen LogP contribution in [0.5, 0.6) is 23.0 Å². The first-order valence-corrected chi connectivity index (χ1v) is 9.82. The lowest BCUT2D eigenvalue weighted by Crippen LogP contribution is -2.16. The number of hydrogen-bond acceptors (Lipinski definition) is 6. The molecule has 1 heterocycles. The van der Waals surface area contributed by atoms with Crippen LogP contribution in [0, 0.1) is 0 Å². The monoisotopic (exact) mass is 397 g/mol. The fraction of sp³-hybridized carbons (Fsp3) is 0.348. The molecule has 6 nitrogen and oxygen atoms in total. The number of ether oxygens (including phenoxy) is 4. The molecule has 0 saturated carbocycles. The molecule has 3 rings (SSSR count). The van der Waals surface area contributed by atoms with Crippen molar-refractivity contribution in [1.29, 1.82) is 0 Å². The van der Waals surface area contributed by atoms with Crippen LogP contribution in [-0.4, -0.2) is 32.7 Å². The number of Topliss-reactive ketones (excluding diaryl/α,β-unsaturated/α-hetero) is 1. The molecule has 0 radical (unpaired) electrons. The molecule has 0 aliphatic carbocycles. The van der Waals surface area contributed by atoms with Gasteiger partial charge in [-0.3, -0.25) is 4.79 Å². The molecular weight excluding hydrogens is 370 g/mol. The van der Waals surface area contributed by atoms with Crippen LogP contribution >= 0.6 is 0 Å². The van der Waals surface area contributed by atoms with Crippen molar-refractivity contribution in [3.63, 3.8) is 0 Å². The van der Waals surface area contributed by atoms with Crippen LogP contribution in [0.1, 0.15) is 42.6 Å². The van der Waals surface area contributed by atoms with Crippen molar-refractivity contribution in [3.05, 3.63) is 47.0 Å². The van der Waals surface area contributed by atoms with Crippen LogP contribution in [-0.2, 0) is 0 Å². The van der Waals surface area contributed by atoms with Crippen LogP contribution in [0.25, 0.3) is 6.08 Å². The van der Waals surface area contributed by atoms with E-state index in [1.807, 2.05) is 32.1 Å². The summed E-state index contributed by atoms with van der Waals surface area (Å²) >= 11 is 0. The Bertz CT molecular complexity index is 902. The molecule has 29 heavy (non-hydrogen) atoms. The van der Waals surface area contributed by atoms with Crippen LogP contribution in [0.3, 0.4) is 0 Å². The molecule has 0 saturated heterocycles. The van der Waals surface area contributed by atoms with Gasteiger partial charge in [0.2, 0.25) is 5.75 Å². The number of nitrogens with two attached hydrogens (primary N) is 1. The van der Waals surface area contributed by atoms with E-state index in [9.17, 15) is 4.79 Å². The maximum Gasteiger partial charge on any atom is 0.203 e. The van der Waals surface area contributed by atoms with E-state index in [4.69, 9.17) is 24.7 Å². The summed E-state index contributed by atoms with van der Waals surface area (Å²) in [5.74, 6) is 2.27. The molecule has 0 spiro atoms. The van der Waals surface area contributed by atoms with Gasteiger partial charge in [0.25, 0.3) is 0 Å². The van der Waals surface area contributed by atoms with Gasteiger partial charge in [-0.1, -0.05) is 13.3 Å². The molecular formula is C23H27NO5. The van der Waals surface area contributed by atoms with Crippen molar-refractivity contribution in [3.8, 4) is 23.0 Å². The highest BCUT2D eigenvalue weighted by Crippen LogP contribution is 2.41. The summed E-state index contributed by atoms with van der Waals surface area (Å²) in [6.07, 6.45) is 3.36. The van der Waals surface area contributed by atoms with Gasteiger partial charge in [-0.2, -0.15) is 0 Å². The fourth-order valence-corrected chi connectivity index (χ4v) is 3.24. The fourth-order valence-electron chi connectivity index (χ4n) is 3.24. The van der Waals surface area contributed by atoms with Gasteiger partial charge in [0.15, 0.2) is 17.3 Å². The summed E-state index contributed by atoms with van der Waals surface area (Å²) in [6.45, 7) is 5.37. The maximum atomic E-state index is 13.2. The van der Waals surface area contributed by atoms with Crippen LogP contribution in [0.15, 0.2) is 35.9 Å². The Morgan fingerprint density at radius 1 is 1.14 bits per heavy atom. The zero-order valence-electron chi connectivity index (χ0n) is 17.1. The van der Waals surface area contributed by atoms with Gasteiger partial charge in [-0.15, -0.1) is 0 Å². The summed E-state index contributed by atoms with van der Waals surface area (Å²) in [7, 11) is 1.59. The largest absolute Gasteiger partial charge is 0.493 e. The second-order valence-corrected chi connectivity index (χ2v) is 6.68. The van der Waals surface area contributed by atoms with Gasteiger partial charge in [-0.05, 0) is 55.3 Å². The molecule has 0 amide bonds. The normalized spacial score (nSPS) is 13.1. The Kier molecular flexibility index (Phi) is 6.65. The molecule has 1 aliphatic heterocycles. The lowest BCUT2D eigenvalue weighted by Gasteiger charge is -2.21. The van der Waals surface area contributed by atoms with E-state index in [1.165, 1.54) is 0 Å². The molecule has 0 atom stereocenters. The van der Waals surface area contributed by atoms with E-state index in [2.05, 4.69) is 0 Å². The van der Waals surface area contributed by atoms with E-state index in [0.717, 1.165) is 12.0 Å². The first-order chi connectivity index (χ1) is 14.1. The Labute approximate surface area is 171 Å². The Morgan fingerprint density at radius 3 is 2.66 bits per heavy atom. The predicted octanol–water partition coefficient (Wildman–Crippen LogP) is 4.51. The molecule has 2 aromatic carbocycles. The Morgan fingerprint density at radius 2 is 1.93 bits per heavy atom. The number of ketones is 1. The van der Waals surface area contributed by atoms with Crippen molar-refractivity contribution >= 4 is 17.5 Å². The zero-order chi connectivity index (χ0) is 20.8. The molecule has 6 heteroatoms. The highest BCUT2D eigenvalue weighted by molar-refractivity contribution is 6.11. The lowest BCUT2D eigenvalue weighted by atomic mass is 9.96. The third kappa shape index (κ3) is 4.65. The molecule has 0 fully saturated rings. The number of benzene rings is 2. The van der Waals surface area contributed by atoms with Gasteiger partial charge >= 0.3 is 0 Å². The first-order valence-electron chi connectivity index (χ1n) is 9.82. The molecule has 0 unspecified atom stereocenters. The summed E-state index contributed by atoms with van der Waals surface area (Å²) in [6, 6.07) is 8.86. The number of nitrogen functional groups attached to an aromatic ring is 1. The molecule has 2 aromatic rings. The van der Waals surface area contributed by atoms with E-state index < -0.39 is 0 Å². The van der Waals surface area contributed by atoms with E-state index in [0.29, 0.717) is 66.1 Å². The second kappa shape index (κ2) is 9.37. The summed E-state index contributed by atoms with van der Waals surface area (Å²) < 4.78 is 22.3. The highest BCUT2D eigenvalue weighted by atomic mass is 16.6. The molecule has 2 N–H and O–H groups in total. The zero-order valence-corrected chi connectivity index (χ0v) is 17.1. The standard InChI is InChI=1S/C23H27NO5/c1-4-6-16(22(25)17-7-8-18(24)19(14-17)27-5-2)11-15-12-20(26-3)23-21(13-15)28-9-10-29-23/h7-8,11-14H,4-6,9-10,24H2,1-3H3. The van der Waals surface area contributed by atoms with E-state index >= 15 is 0 Å². The minimum absolute atomic E-state index is 0.0540. The van der Waals surface area contributed by atoms with Crippen molar-refractivity contribution in [2.45, 2.75) is 26.7 Å². The number of fused-ring (bicyclic) bond motifs is 1. The lowest BCUT2D eigenvalue weighted by molar-refractivity contribution is 0.103. The topological polar surface area (TPSA) is 80.0 Å². The number of allylic oxidation sites excluding steroid dienone is 1. The van der Waals surface area contributed by atoms with E-state index in [-0.39, 0.29) is 5.78 Å². The SMILES string of the molecule is CCCC(=Cc1cc(OC)c2c(c1)OCCO2)C(=O)c1ccc(N)c(OCC)c1. The smallest absolute Gasteiger partial charge is 0.203 e. The molecule has 1 aliphatic rings. The predicted molar refractivity (Wildman–Crippen MR) is 113 cm³/mol. The Balaban J connectivity index is 1.98. The number of methoxy groups -OCH3 is 1. The van der Waals surface area contributed by atoms with Gasteiger partial charge in [0.1, 0.15) is 19.0 Å². The van der Waals surface area contributed by atoms with Crippen molar-refractivity contribution in [2.24, 2.45) is 0 Å². The average Bonchev–Trinajstić information content (AvgIpc) is 2.74. The number of carbonyl (C=O) groups excluding carboxylic acids is 1. The second-order valence-electron chi connectivity index (χ2n) is 6.68. The maximum absolute atomic E-state index is 13.2. The molecule has 0 aromatic heterocycles. The van der Waals surface area contributed by atoms with Crippen LogP contribution in [0.4, 0.5) is 5.69 Å². The van der Waals surface area contributed by atoms with Gasteiger partial charge in [0, 0.05) is 11.1 Å². The number of anilines is 1. The van der Waals surface area contributed by atoms with Gasteiger partial charge in [0.05, 0.1) is 19.4 Å². The minimum Gasteiger partial charge on any atom is -0.493 e. The van der Waals surface area contributed by atoms with Crippen LogP contribution in [0.2, 0.25) is 0 Å².